The highest BCUT2D eigenvalue weighted by Gasteiger charge is 2.38. The molecule has 2 heterocycles. The van der Waals surface area contributed by atoms with Crippen molar-refractivity contribution in [3.05, 3.63) is 18.7 Å². The SMILES string of the molecule is CCCCCCCCCCC1(Cn2ccnc2)SCC(C)S1. The van der Waals surface area contributed by atoms with Crippen molar-refractivity contribution in [3.8, 4) is 0 Å². The van der Waals surface area contributed by atoms with Crippen LogP contribution in [0.5, 0.6) is 0 Å². The van der Waals surface area contributed by atoms with Gasteiger partial charge in [0.1, 0.15) is 0 Å². The third-order valence-electron chi connectivity index (χ3n) is 4.39. The number of nitrogens with zero attached hydrogens (tertiary/aromatic N) is 2. The van der Waals surface area contributed by atoms with E-state index in [1.165, 1.54) is 63.5 Å². The highest BCUT2D eigenvalue weighted by molar-refractivity contribution is 8.21. The lowest BCUT2D eigenvalue weighted by molar-refractivity contribution is 0.526. The van der Waals surface area contributed by atoms with Gasteiger partial charge in [-0.15, -0.1) is 23.5 Å². The first-order valence-corrected chi connectivity index (χ1v) is 10.9. The Morgan fingerprint density at radius 2 is 1.86 bits per heavy atom. The van der Waals surface area contributed by atoms with E-state index in [0.717, 1.165) is 11.8 Å². The Kier molecular flexibility index (Phi) is 8.23. The fraction of sp³-hybridized carbons (Fsp3) is 0.833. The molecular weight excluding hydrogens is 308 g/mol. The summed E-state index contributed by atoms with van der Waals surface area (Å²) in [6, 6.07) is 0. The van der Waals surface area contributed by atoms with Crippen LogP contribution in [0.15, 0.2) is 18.7 Å². The number of imidazole rings is 1. The largest absolute Gasteiger partial charge is 0.335 e. The van der Waals surface area contributed by atoms with Crippen LogP contribution in [0.4, 0.5) is 0 Å². The quantitative estimate of drug-likeness (QED) is 0.462. The van der Waals surface area contributed by atoms with Crippen LogP contribution in [0.3, 0.4) is 0 Å². The zero-order chi connectivity index (χ0) is 15.7. The highest BCUT2D eigenvalue weighted by atomic mass is 32.2. The molecule has 1 fully saturated rings. The molecule has 0 radical (unpaired) electrons. The summed E-state index contributed by atoms with van der Waals surface area (Å²) in [5.74, 6) is 1.30. The van der Waals surface area contributed by atoms with Crippen molar-refractivity contribution in [3.63, 3.8) is 0 Å². The van der Waals surface area contributed by atoms with Crippen molar-refractivity contribution < 1.29 is 0 Å². The number of unbranched alkanes of at least 4 members (excludes halogenated alkanes) is 7. The standard InChI is InChI=1S/C18H32N2S2/c1-3-4-5-6-7-8-9-10-11-18(21-14-17(2)22-18)15-20-13-12-19-16-20/h12-13,16-17H,3-11,14-15H2,1-2H3. The summed E-state index contributed by atoms with van der Waals surface area (Å²) < 4.78 is 2.66. The molecule has 0 N–H and O–H groups in total. The van der Waals surface area contributed by atoms with Gasteiger partial charge in [0.2, 0.25) is 0 Å². The maximum absolute atomic E-state index is 4.20. The number of aromatic nitrogens is 2. The van der Waals surface area contributed by atoms with Gasteiger partial charge < -0.3 is 4.57 Å². The first-order valence-electron chi connectivity index (χ1n) is 9.01. The fourth-order valence-corrected chi connectivity index (χ4v) is 6.92. The second-order valence-corrected chi connectivity index (χ2v) is 10.1. The second-order valence-electron chi connectivity index (χ2n) is 6.61. The molecule has 22 heavy (non-hydrogen) atoms. The molecule has 1 saturated heterocycles. The smallest absolute Gasteiger partial charge is 0.0946 e. The molecule has 126 valence electrons. The van der Waals surface area contributed by atoms with Crippen LogP contribution in [0.1, 0.15) is 71.6 Å². The van der Waals surface area contributed by atoms with Gasteiger partial charge in [-0.3, -0.25) is 0 Å². The van der Waals surface area contributed by atoms with E-state index in [2.05, 4.69) is 53.1 Å². The summed E-state index contributed by atoms with van der Waals surface area (Å²) in [4.78, 5) is 4.20. The van der Waals surface area contributed by atoms with Crippen molar-refractivity contribution in [2.24, 2.45) is 0 Å². The third kappa shape index (κ3) is 6.19. The summed E-state index contributed by atoms with van der Waals surface area (Å²) in [5.41, 5.74) is 0. The Hall–Kier alpha value is -0.0900. The lowest BCUT2D eigenvalue weighted by atomic mass is 10.1. The van der Waals surface area contributed by atoms with E-state index < -0.39 is 0 Å². The number of hydrogen-bond donors (Lipinski definition) is 0. The molecule has 0 bridgehead atoms. The average molecular weight is 341 g/mol. The molecule has 0 aromatic carbocycles. The first-order chi connectivity index (χ1) is 10.7. The Morgan fingerprint density at radius 1 is 1.14 bits per heavy atom. The molecule has 2 nitrogen and oxygen atoms in total. The van der Waals surface area contributed by atoms with Gasteiger partial charge in [0.15, 0.2) is 0 Å². The molecule has 1 aliphatic heterocycles. The zero-order valence-electron chi connectivity index (χ0n) is 14.3. The maximum Gasteiger partial charge on any atom is 0.0946 e. The van der Waals surface area contributed by atoms with E-state index in [1.807, 2.05) is 12.5 Å². The van der Waals surface area contributed by atoms with Gasteiger partial charge in [0.25, 0.3) is 0 Å². The molecule has 0 spiro atoms. The minimum atomic E-state index is 0.391. The fourth-order valence-electron chi connectivity index (χ4n) is 3.18. The van der Waals surface area contributed by atoms with E-state index in [1.54, 1.807) is 0 Å². The number of thioether (sulfide) groups is 2. The van der Waals surface area contributed by atoms with Gasteiger partial charge in [0.05, 0.1) is 10.4 Å². The molecule has 0 aliphatic carbocycles. The van der Waals surface area contributed by atoms with Gasteiger partial charge in [-0.2, -0.15) is 0 Å². The van der Waals surface area contributed by atoms with E-state index in [9.17, 15) is 0 Å². The Labute approximate surface area is 145 Å². The molecule has 0 saturated carbocycles. The lowest BCUT2D eigenvalue weighted by Crippen LogP contribution is -2.24. The Balaban J connectivity index is 1.67. The van der Waals surface area contributed by atoms with Gasteiger partial charge in [0, 0.05) is 29.9 Å². The highest BCUT2D eigenvalue weighted by Crippen LogP contribution is 2.52. The van der Waals surface area contributed by atoms with Gasteiger partial charge in [-0.05, 0) is 6.42 Å². The van der Waals surface area contributed by atoms with Crippen molar-refractivity contribution in [1.82, 2.24) is 9.55 Å². The first kappa shape index (κ1) is 18.3. The van der Waals surface area contributed by atoms with E-state index in [0.29, 0.717) is 4.08 Å². The van der Waals surface area contributed by atoms with Crippen LogP contribution in [0, 0.1) is 0 Å². The van der Waals surface area contributed by atoms with Gasteiger partial charge >= 0.3 is 0 Å². The van der Waals surface area contributed by atoms with Crippen LogP contribution in [0.2, 0.25) is 0 Å². The van der Waals surface area contributed by atoms with Crippen LogP contribution in [-0.2, 0) is 6.54 Å². The predicted octanol–water partition coefficient (Wildman–Crippen LogP) is 5.98. The van der Waals surface area contributed by atoms with Crippen LogP contribution >= 0.6 is 23.5 Å². The Bertz CT molecular complexity index is 394. The minimum Gasteiger partial charge on any atom is -0.335 e. The van der Waals surface area contributed by atoms with E-state index >= 15 is 0 Å². The predicted molar refractivity (Wildman–Crippen MR) is 102 cm³/mol. The van der Waals surface area contributed by atoms with Crippen LogP contribution in [0.25, 0.3) is 0 Å². The van der Waals surface area contributed by atoms with Crippen molar-refractivity contribution in [1.29, 1.82) is 0 Å². The normalized spacial score (nSPS) is 24.9. The van der Waals surface area contributed by atoms with Gasteiger partial charge in [-0.25, -0.2) is 4.98 Å². The molecule has 2 unspecified atom stereocenters. The second kappa shape index (κ2) is 9.92. The van der Waals surface area contributed by atoms with Crippen molar-refractivity contribution in [2.45, 2.75) is 87.5 Å². The number of hydrogen-bond acceptors (Lipinski definition) is 3. The Morgan fingerprint density at radius 3 is 2.45 bits per heavy atom. The van der Waals surface area contributed by atoms with Crippen molar-refractivity contribution >= 4 is 23.5 Å². The lowest BCUT2D eigenvalue weighted by Gasteiger charge is -2.28. The molecule has 1 aromatic rings. The molecule has 1 aromatic heterocycles. The van der Waals surface area contributed by atoms with E-state index in [-0.39, 0.29) is 0 Å². The third-order valence-corrected chi connectivity index (χ3v) is 8.10. The van der Waals surface area contributed by atoms with E-state index in [4.69, 9.17) is 0 Å². The maximum atomic E-state index is 4.20. The summed E-state index contributed by atoms with van der Waals surface area (Å²) in [7, 11) is 0. The monoisotopic (exact) mass is 340 g/mol. The zero-order valence-corrected chi connectivity index (χ0v) is 15.9. The average Bonchev–Trinajstić information content (AvgIpc) is 3.13. The summed E-state index contributed by atoms with van der Waals surface area (Å²) in [6.07, 6.45) is 18.6. The summed E-state index contributed by atoms with van der Waals surface area (Å²) >= 11 is 4.39. The van der Waals surface area contributed by atoms with Crippen molar-refractivity contribution in [2.75, 3.05) is 5.75 Å². The summed E-state index contributed by atoms with van der Waals surface area (Å²) in [5, 5.41) is 0.794. The topological polar surface area (TPSA) is 17.8 Å². The minimum absolute atomic E-state index is 0.391. The molecule has 4 heteroatoms. The van der Waals surface area contributed by atoms with Gasteiger partial charge in [-0.1, -0.05) is 65.2 Å². The molecule has 1 aliphatic rings. The molecule has 2 atom stereocenters. The molecule has 2 rings (SSSR count). The summed E-state index contributed by atoms with van der Waals surface area (Å²) in [6.45, 7) is 5.78. The number of rotatable bonds is 11. The van der Waals surface area contributed by atoms with Crippen LogP contribution in [-0.4, -0.2) is 24.6 Å². The van der Waals surface area contributed by atoms with Crippen LogP contribution < -0.4 is 0 Å². The molecule has 0 amide bonds. The molecular formula is C18H32N2S2.